The van der Waals surface area contributed by atoms with E-state index in [9.17, 15) is 0 Å². The monoisotopic (exact) mass is 268 g/mol. The van der Waals surface area contributed by atoms with Gasteiger partial charge in [0.1, 0.15) is 0 Å². The molecule has 0 radical (unpaired) electrons. The van der Waals surface area contributed by atoms with Crippen molar-refractivity contribution in [2.24, 2.45) is 0 Å². The van der Waals surface area contributed by atoms with Crippen molar-refractivity contribution in [1.29, 1.82) is 0 Å². The summed E-state index contributed by atoms with van der Waals surface area (Å²) < 4.78 is 0. The van der Waals surface area contributed by atoms with Gasteiger partial charge in [0.25, 0.3) is 0 Å². The number of nitrogens with zero attached hydrogens (tertiary/aromatic N) is 3. The molecule has 1 aliphatic carbocycles. The van der Waals surface area contributed by atoms with Crippen LogP contribution in [-0.4, -0.2) is 21.7 Å². The number of aryl methyl sites for hydroxylation is 1. The van der Waals surface area contributed by atoms with Crippen LogP contribution < -0.4 is 5.32 Å². The summed E-state index contributed by atoms with van der Waals surface area (Å²) in [6.07, 6.45) is 9.08. The van der Waals surface area contributed by atoms with Gasteiger partial charge in [-0.1, -0.05) is 13.0 Å². The zero-order valence-electron chi connectivity index (χ0n) is 11.8. The van der Waals surface area contributed by atoms with Crippen molar-refractivity contribution < 1.29 is 0 Å². The average Bonchev–Trinajstić information content (AvgIpc) is 2.53. The molecule has 0 amide bonds. The highest BCUT2D eigenvalue weighted by molar-refractivity contribution is 5.30. The van der Waals surface area contributed by atoms with Gasteiger partial charge in [-0.15, -0.1) is 0 Å². The van der Waals surface area contributed by atoms with E-state index in [4.69, 9.17) is 0 Å². The van der Waals surface area contributed by atoms with Crippen LogP contribution in [0.2, 0.25) is 0 Å². The molecule has 0 fully saturated rings. The summed E-state index contributed by atoms with van der Waals surface area (Å²) in [5, 5.41) is 11.5. The van der Waals surface area contributed by atoms with E-state index in [1.165, 1.54) is 29.7 Å². The molecular formula is C16H20N4. The average molecular weight is 268 g/mol. The van der Waals surface area contributed by atoms with Crippen LogP contribution in [0.15, 0.2) is 36.8 Å². The summed E-state index contributed by atoms with van der Waals surface area (Å²) in [7, 11) is 0. The Morgan fingerprint density at radius 1 is 1.30 bits per heavy atom. The molecule has 4 heteroatoms. The van der Waals surface area contributed by atoms with E-state index in [-0.39, 0.29) is 6.04 Å². The second-order valence-electron chi connectivity index (χ2n) is 5.26. The maximum atomic E-state index is 4.65. The van der Waals surface area contributed by atoms with Gasteiger partial charge in [0, 0.05) is 30.0 Å². The summed E-state index contributed by atoms with van der Waals surface area (Å²) in [5.74, 6) is 0.420. The zero-order valence-corrected chi connectivity index (χ0v) is 11.8. The normalized spacial score (nSPS) is 19.4. The minimum Gasteiger partial charge on any atom is -0.310 e. The summed E-state index contributed by atoms with van der Waals surface area (Å²) in [6, 6.07) is 6.57. The summed E-state index contributed by atoms with van der Waals surface area (Å²) >= 11 is 0. The fraction of sp³-hybridized carbons (Fsp3) is 0.438. The minimum absolute atomic E-state index is 0.268. The lowest BCUT2D eigenvalue weighted by molar-refractivity contribution is 0.399. The predicted octanol–water partition coefficient (Wildman–Crippen LogP) is 2.64. The number of fused-ring (bicyclic) bond motifs is 1. The molecule has 20 heavy (non-hydrogen) atoms. The number of hydrogen-bond acceptors (Lipinski definition) is 4. The van der Waals surface area contributed by atoms with E-state index in [1.54, 1.807) is 6.20 Å². The van der Waals surface area contributed by atoms with Gasteiger partial charge >= 0.3 is 0 Å². The summed E-state index contributed by atoms with van der Waals surface area (Å²) in [4.78, 5) is 4.65. The predicted molar refractivity (Wildman–Crippen MR) is 78.4 cm³/mol. The first-order valence-corrected chi connectivity index (χ1v) is 7.34. The van der Waals surface area contributed by atoms with Crippen LogP contribution >= 0.6 is 0 Å². The van der Waals surface area contributed by atoms with Crippen molar-refractivity contribution >= 4 is 0 Å². The summed E-state index contributed by atoms with van der Waals surface area (Å²) in [6.45, 7) is 3.08. The third-order valence-electron chi connectivity index (χ3n) is 4.03. The second-order valence-corrected chi connectivity index (χ2v) is 5.26. The number of rotatable bonds is 4. The highest BCUT2D eigenvalue weighted by Gasteiger charge is 2.29. The number of likely N-dealkylation sites (N-methyl/N-ethyl adjacent to an activating group) is 1. The van der Waals surface area contributed by atoms with Gasteiger partial charge < -0.3 is 5.32 Å². The number of hydrogen-bond donors (Lipinski definition) is 1. The molecule has 1 N–H and O–H groups in total. The lowest BCUT2D eigenvalue weighted by Crippen LogP contribution is -2.30. The van der Waals surface area contributed by atoms with Crippen molar-refractivity contribution in [1.82, 2.24) is 20.5 Å². The molecule has 0 aromatic carbocycles. The standard InChI is InChI=1S/C16H20N4/c1-2-17-16(13-8-10-19-20-11-13)14-7-3-5-12-6-4-9-18-15(12)14/h4,6,8-11,14,16-17H,2-3,5,7H2,1H3. The fourth-order valence-corrected chi connectivity index (χ4v) is 3.17. The molecule has 104 valence electrons. The largest absolute Gasteiger partial charge is 0.310 e. The molecule has 4 nitrogen and oxygen atoms in total. The van der Waals surface area contributed by atoms with Crippen LogP contribution in [0.25, 0.3) is 0 Å². The van der Waals surface area contributed by atoms with Crippen LogP contribution in [0, 0.1) is 0 Å². The van der Waals surface area contributed by atoms with Crippen molar-refractivity contribution in [3.05, 3.63) is 53.6 Å². The Morgan fingerprint density at radius 2 is 2.25 bits per heavy atom. The van der Waals surface area contributed by atoms with Crippen molar-refractivity contribution in [2.75, 3.05) is 6.54 Å². The van der Waals surface area contributed by atoms with E-state index in [1.807, 2.05) is 18.5 Å². The Labute approximate surface area is 119 Å². The third-order valence-corrected chi connectivity index (χ3v) is 4.03. The van der Waals surface area contributed by atoms with Crippen LogP contribution in [0.3, 0.4) is 0 Å². The number of nitrogens with one attached hydrogen (secondary N) is 1. The Morgan fingerprint density at radius 3 is 3.05 bits per heavy atom. The molecule has 1 aliphatic rings. The van der Waals surface area contributed by atoms with Gasteiger partial charge in [-0.2, -0.15) is 10.2 Å². The SMILES string of the molecule is CCNC(c1ccnnc1)C1CCCc2cccnc21. The van der Waals surface area contributed by atoms with Gasteiger partial charge in [0.15, 0.2) is 0 Å². The van der Waals surface area contributed by atoms with E-state index < -0.39 is 0 Å². The number of pyridine rings is 1. The van der Waals surface area contributed by atoms with Gasteiger partial charge in [-0.05, 0) is 49.1 Å². The van der Waals surface area contributed by atoms with Gasteiger partial charge in [-0.3, -0.25) is 4.98 Å². The topological polar surface area (TPSA) is 50.7 Å². The second kappa shape index (κ2) is 6.09. The van der Waals surface area contributed by atoms with E-state index in [2.05, 4.69) is 39.6 Å². The lowest BCUT2D eigenvalue weighted by atomic mass is 9.80. The van der Waals surface area contributed by atoms with Crippen LogP contribution in [0.5, 0.6) is 0 Å². The van der Waals surface area contributed by atoms with Gasteiger partial charge in [-0.25, -0.2) is 0 Å². The Hall–Kier alpha value is -1.81. The molecule has 2 aromatic rings. The smallest absolute Gasteiger partial charge is 0.0544 e. The zero-order chi connectivity index (χ0) is 13.8. The number of aromatic nitrogens is 3. The Kier molecular flexibility index (Phi) is 4.02. The molecule has 2 atom stereocenters. The Bertz CT molecular complexity index is 555. The molecule has 0 saturated carbocycles. The third kappa shape index (κ3) is 2.56. The van der Waals surface area contributed by atoms with E-state index in [0.717, 1.165) is 13.0 Å². The molecular weight excluding hydrogens is 248 g/mol. The lowest BCUT2D eigenvalue weighted by Gasteiger charge is -2.32. The molecule has 0 spiro atoms. The van der Waals surface area contributed by atoms with E-state index >= 15 is 0 Å². The summed E-state index contributed by atoms with van der Waals surface area (Å²) in [5.41, 5.74) is 3.85. The molecule has 0 bridgehead atoms. The first-order chi connectivity index (χ1) is 9.90. The van der Waals surface area contributed by atoms with Gasteiger partial charge in [0.2, 0.25) is 0 Å². The fourth-order valence-electron chi connectivity index (χ4n) is 3.17. The van der Waals surface area contributed by atoms with Crippen LogP contribution in [-0.2, 0) is 6.42 Å². The first-order valence-electron chi connectivity index (χ1n) is 7.34. The molecule has 2 aromatic heterocycles. The highest BCUT2D eigenvalue weighted by atomic mass is 15.1. The van der Waals surface area contributed by atoms with Crippen LogP contribution in [0.1, 0.15) is 48.5 Å². The quantitative estimate of drug-likeness (QED) is 0.926. The molecule has 3 rings (SSSR count). The molecule has 2 heterocycles. The molecule has 0 saturated heterocycles. The van der Waals surface area contributed by atoms with Crippen molar-refractivity contribution in [3.8, 4) is 0 Å². The highest BCUT2D eigenvalue weighted by Crippen LogP contribution is 2.38. The maximum absolute atomic E-state index is 4.65. The first kappa shape index (κ1) is 13.2. The van der Waals surface area contributed by atoms with Crippen LogP contribution in [0.4, 0.5) is 0 Å². The van der Waals surface area contributed by atoms with E-state index in [0.29, 0.717) is 5.92 Å². The minimum atomic E-state index is 0.268. The van der Waals surface area contributed by atoms with Crippen molar-refractivity contribution in [3.63, 3.8) is 0 Å². The molecule has 2 unspecified atom stereocenters. The van der Waals surface area contributed by atoms with Crippen molar-refractivity contribution in [2.45, 2.75) is 38.1 Å². The Balaban J connectivity index is 1.97. The molecule has 0 aliphatic heterocycles. The maximum Gasteiger partial charge on any atom is 0.0544 e. The van der Waals surface area contributed by atoms with Gasteiger partial charge in [0.05, 0.1) is 6.20 Å².